The zero-order valence-corrected chi connectivity index (χ0v) is 27.1. The third kappa shape index (κ3) is 5.31. The summed E-state index contributed by atoms with van der Waals surface area (Å²) in [5.41, 5.74) is -2.43. The molecule has 0 spiro atoms. The van der Waals surface area contributed by atoms with Gasteiger partial charge < -0.3 is 24.1 Å². The van der Waals surface area contributed by atoms with E-state index < -0.39 is 64.4 Å². The number of hydrogen-bond acceptors (Lipinski definition) is 10. The molecule has 2 saturated heterocycles. The monoisotopic (exact) mass is 628 g/mol. The molecule has 2 heterocycles. The predicted molar refractivity (Wildman–Crippen MR) is 156 cm³/mol. The lowest BCUT2D eigenvalue weighted by atomic mass is 9.52. The van der Waals surface area contributed by atoms with Crippen LogP contribution < -0.4 is 0 Å². The van der Waals surface area contributed by atoms with Gasteiger partial charge in [0.05, 0.1) is 41.8 Å². The Hall–Kier alpha value is -2.49. The van der Waals surface area contributed by atoms with E-state index in [9.17, 15) is 29.1 Å². The van der Waals surface area contributed by atoms with Gasteiger partial charge in [-0.15, -0.1) is 0 Å². The Labute approximate surface area is 264 Å². The highest BCUT2D eigenvalue weighted by atomic mass is 16.6. The van der Waals surface area contributed by atoms with Gasteiger partial charge in [-0.3, -0.25) is 24.0 Å². The van der Waals surface area contributed by atoms with Crippen molar-refractivity contribution in [3.63, 3.8) is 0 Å². The first-order chi connectivity index (χ1) is 21.1. The molecule has 0 aromatic carbocycles. The number of esters is 5. The van der Waals surface area contributed by atoms with Crippen molar-refractivity contribution in [2.45, 2.75) is 109 Å². The molecule has 0 amide bonds. The minimum atomic E-state index is -1.09. The lowest BCUT2D eigenvalue weighted by Gasteiger charge is -2.59. The van der Waals surface area contributed by atoms with Crippen LogP contribution in [0.1, 0.15) is 92.4 Å². The SMILES string of the molecule is CC1C(=O)OC(=O)C1C(CC(CC1C(C)C2CC1C1COC(=O)C21)C(=O)OC(C)(C)C)C(=O)OC12CC3CC(CC(O)(C3)C1)C2. The highest BCUT2D eigenvalue weighted by Crippen LogP contribution is 2.62. The highest BCUT2D eigenvalue weighted by molar-refractivity contribution is 5.98. The topological polar surface area (TPSA) is 143 Å². The number of fused-ring (bicyclic) bond motifs is 5. The van der Waals surface area contributed by atoms with E-state index in [1.807, 2.05) is 0 Å². The molecular weight excluding hydrogens is 580 g/mol. The standard InChI is InChI=1S/C35H48O10/c1-16-21(23-9-22(16)27-25(23)14-42-31(27)39)7-20(29(37)44-33(3,4)5)8-24(26-17(2)28(36)43-32(26)40)30(38)45-35-12-18-6-19(13-35)11-34(41,10-18)15-35/h16-27,41H,6-15H2,1-5H3. The van der Waals surface area contributed by atoms with Crippen LogP contribution in [-0.4, -0.2) is 58.4 Å². The summed E-state index contributed by atoms with van der Waals surface area (Å²) in [6, 6.07) is 0. The summed E-state index contributed by atoms with van der Waals surface area (Å²) in [6.07, 6.45) is 5.52. The minimum absolute atomic E-state index is 0.0114. The van der Waals surface area contributed by atoms with E-state index in [1.54, 1.807) is 27.7 Å². The fraction of sp³-hybridized carbons (Fsp3) is 0.857. The summed E-state index contributed by atoms with van der Waals surface area (Å²) >= 11 is 0. The van der Waals surface area contributed by atoms with Crippen LogP contribution in [0.5, 0.6) is 0 Å². The second kappa shape index (κ2) is 10.5. The fourth-order valence-electron chi connectivity index (χ4n) is 11.6. The summed E-state index contributed by atoms with van der Waals surface area (Å²) in [5.74, 6) is -5.03. The molecule has 6 bridgehead atoms. The second-order valence-electron chi connectivity index (χ2n) is 17.1. The van der Waals surface area contributed by atoms with Crippen LogP contribution in [-0.2, 0) is 42.9 Å². The van der Waals surface area contributed by atoms with E-state index >= 15 is 0 Å². The van der Waals surface area contributed by atoms with Gasteiger partial charge in [0.25, 0.3) is 0 Å². The van der Waals surface area contributed by atoms with Gasteiger partial charge in [-0.25, -0.2) is 0 Å². The van der Waals surface area contributed by atoms with Gasteiger partial charge in [-0.05, 0) is 108 Å². The first-order valence-electron chi connectivity index (χ1n) is 17.2. The van der Waals surface area contributed by atoms with Gasteiger partial charge in [-0.2, -0.15) is 0 Å². The first kappa shape index (κ1) is 31.1. The number of cyclic esters (lactones) is 3. The summed E-state index contributed by atoms with van der Waals surface area (Å²) < 4.78 is 22.7. The van der Waals surface area contributed by atoms with Gasteiger partial charge in [0, 0.05) is 12.3 Å². The fourth-order valence-corrected chi connectivity index (χ4v) is 11.6. The number of hydrogen-bond donors (Lipinski definition) is 1. The lowest BCUT2D eigenvalue weighted by Crippen LogP contribution is -2.60. The lowest BCUT2D eigenvalue weighted by molar-refractivity contribution is -0.224. The summed E-state index contributed by atoms with van der Waals surface area (Å²) in [7, 11) is 0. The van der Waals surface area contributed by atoms with Crippen LogP contribution in [0.4, 0.5) is 0 Å². The normalized spacial score (nSPS) is 45.7. The zero-order valence-electron chi connectivity index (χ0n) is 27.1. The van der Waals surface area contributed by atoms with Crippen LogP contribution >= 0.6 is 0 Å². The van der Waals surface area contributed by atoms with Crippen molar-refractivity contribution < 1.29 is 48.0 Å². The van der Waals surface area contributed by atoms with Crippen LogP contribution in [0.3, 0.4) is 0 Å². The summed E-state index contributed by atoms with van der Waals surface area (Å²) in [4.78, 5) is 66.5. The predicted octanol–water partition coefficient (Wildman–Crippen LogP) is 3.99. The third-order valence-electron chi connectivity index (χ3n) is 12.9. The molecule has 1 N–H and O–H groups in total. The number of ether oxygens (including phenoxy) is 4. The number of carbonyl (C=O) groups excluding carboxylic acids is 5. The van der Waals surface area contributed by atoms with Gasteiger partial charge in [0.1, 0.15) is 11.2 Å². The van der Waals surface area contributed by atoms with Crippen LogP contribution in [0.25, 0.3) is 0 Å². The molecule has 2 aliphatic heterocycles. The van der Waals surface area contributed by atoms with Crippen molar-refractivity contribution in [1.29, 1.82) is 0 Å². The maximum Gasteiger partial charge on any atom is 0.318 e. The average molecular weight is 629 g/mol. The Bertz CT molecular complexity index is 1280. The van der Waals surface area contributed by atoms with E-state index in [1.165, 1.54) is 0 Å². The molecule has 8 fully saturated rings. The molecule has 12 unspecified atom stereocenters. The Morgan fingerprint density at radius 1 is 0.933 bits per heavy atom. The smallest absolute Gasteiger partial charge is 0.318 e. The maximum atomic E-state index is 14.3. The third-order valence-corrected chi connectivity index (χ3v) is 12.9. The van der Waals surface area contributed by atoms with Crippen LogP contribution in [0, 0.1) is 71.0 Å². The summed E-state index contributed by atoms with van der Waals surface area (Å²) in [6.45, 7) is 9.53. The van der Waals surface area contributed by atoms with E-state index in [2.05, 4.69) is 6.92 Å². The molecule has 8 aliphatic rings. The largest absolute Gasteiger partial charge is 0.465 e. The molecule has 12 atom stereocenters. The average Bonchev–Trinajstić information content (AvgIpc) is 3.61. The van der Waals surface area contributed by atoms with E-state index in [-0.39, 0.29) is 59.7 Å². The first-order valence-corrected chi connectivity index (χ1v) is 17.2. The number of aliphatic hydroxyl groups is 1. The van der Waals surface area contributed by atoms with Crippen molar-refractivity contribution in [3.05, 3.63) is 0 Å². The zero-order chi connectivity index (χ0) is 32.2. The molecule has 10 nitrogen and oxygen atoms in total. The van der Waals surface area contributed by atoms with Crippen molar-refractivity contribution in [3.8, 4) is 0 Å². The minimum Gasteiger partial charge on any atom is -0.465 e. The Morgan fingerprint density at radius 2 is 1.62 bits per heavy atom. The Balaban J connectivity index is 1.18. The van der Waals surface area contributed by atoms with E-state index in [0.29, 0.717) is 45.1 Å². The van der Waals surface area contributed by atoms with E-state index in [0.717, 1.165) is 12.8 Å². The van der Waals surface area contributed by atoms with Crippen molar-refractivity contribution >= 4 is 29.8 Å². The molecule has 0 aromatic heterocycles. The maximum absolute atomic E-state index is 14.3. The van der Waals surface area contributed by atoms with Crippen molar-refractivity contribution in [2.75, 3.05) is 6.61 Å². The van der Waals surface area contributed by atoms with Gasteiger partial charge in [0.15, 0.2) is 0 Å². The van der Waals surface area contributed by atoms with Crippen LogP contribution in [0.15, 0.2) is 0 Å². The van der Waals surface area contributed by atoms with Crippen molar-refractivity contribution in [1.82, 2.24) is 0 Å². The van der Waals surface area contributed by atoms with Gasteiger partial charge >= 0.3 is 29.8 Å². The molecule has 10 heteroatoms. The molecule has 248 valence electrons. The number of carbonyl (C=O) groups is 5. The molecule has 0 radical (unpaired) electrons. The van der Waals surface area contributed by atoms with Gasteiger partial charge in [0.2, 0.25) is 0 Å². The molecule has 8 rings (SSSR count). The molecule has 6 saturated carbocycles. The molecule has 6 aliphatic carbocycles. The Morgan fingerprint density at radius 3 is 2.22 bits per heavy atom. The molecule has 0 aromatic rings. The Kier molecular flexibility index (Phi) is 7.27. The van der Waals surface area contributed by atoms with E-state index in [4.69, 9.17) is 18.9 Å². The summed E-state index contributed by atoms with van der Waals surface area (Å²) in [5, 5.41) is 11.3. The highest BCUT2D eigenvalue weighted by Gasteiger charge is 2.63. The number of rotatable bonds is 8. The molecule has 45 heavy (non-hydrogen) atoms. The molecular formula is C35H48O10. The van der Waals surface area contributed by atoms with Crippen molar-refractivity contribution in [2.24, 2.45) is 71.0 Å². The second-order valence-corrected chi connectivity index (χ2v) is 17.1. The quantitative estimate of drug-likeness (QED) is 0.238. The van der Waals surface area contributed by atoms with Gasteiger partial charge in [-0.1, -0.05) is 13.8 Å². The van der Waals surface area contributed by atoms with Crippen LogP contribution in [0.2, 0.25) is 0 Å².